The zero-order valence-corrected chi connectivity index (χ0v) is 23.6. The maximum atomic E-state index is 10.4. The summed E-state index contributed by atoms with van der Waals surface area (Å²) in [6.07, 6.45) is 7.70. The molecule has 1 saturated carbocycles. The number of thiol groups is 1. The summed E-state index contributed by atoms with van der Waals surface area (Å²) >= 11 is 3.52. The second-order valence-electron chi connectivity index (χ2n) is 9.90. The maximum Gasteiger partial charge on any atom is 0.276 e. The summed E-state index contributed by atoms with van der Waals surface area (Å²) in [5.41, 5.74) is 1.65. The van der Waals surface area contributed by atoms with Crippen molar-refractivity contribution in [1.82, 2.24) is 5.32 Å². The molecular formula is C26H51NO5S. The zero-order chi connectivity index (χ0) is 25.8. The van der Waals surface area contributed by atoms with Crippen LogP contribution in [0.2, 0.25) is 0 Å². The molecule has 0 bridgehead atoms. The molecule has 2 aliphatic heterocycles. The van der Waals surface area contributed by atoms with Crippen LogP contribution in [-0.4, -0.2) is 61.1 Å². The van der Waals surface area contributed by atoms with Gasteiger partial charge in [-0.05, 0) is 45.4 Å². The van der Waals surface area contributed by atoms with Crippen molar-refractivity contribution in [3.63, 3.8) is 0 Å². The Morgan fingerprint density at radius 3 is 2.21 bits per heavy atom. The van der Waals surface area contributed by atoms with E-state index < -0.39 is 5.24 Å². The third-order valence-electron chi connectivity index (χ3n) is 6.56. The van der Waals surface area contributed by atoms with Crippen LogP contribution in [0.5, 0.6) is 0 Å². The van der Waals surface area contributed by atoms with Crippen LogP contribution in [0.15, 0.2) is 11.6 Å². The number of amides is 1. The zero-order valence-electron chi connectivity index (χ0n) is 22.7. The maximum absolute atomic E-state index is 10.4. The molecule has 0 aromatic rings. The van der Waals surface area contributed by atoms with Crippen molar-refractivity contribution in [1.29, 1.82) is 0 Å². The number of rotatable bonds is 6. The molecule has 1 aliphatic carbocycles. The number of carbonyl (C=O) groups excluding carboxylic acids is 1. The van der Waals surface area contributed by atoms with Crippen LogP contribution < -0.4 is 5.32 Å². The van der Waals surface area contributed by atoms with Gasteiger partial charge < -0.3 is 24.6 Å². The summed E-state index contributed by atoms with van der Waals surface area (Å²) in [5, 5.41) is 10.8. The second kappa shape index (κ2) is 15.4. The second-order valence-corrected chi connectivity index (χ2v) is 10.3. The highest BCUT2D eigenvalue weighted by Crippen LogP contribution is 2.60. The first kappa shape index (κ1) is 32.4. The molecule has 2 N–H and O–H groups in total. The number of allylic oxidation sites excluding steroid dienone is 1. The summed E-state index contributed by atoms with van der Waals surface area (Å²) in [6.45, 7) is 17.8. The topological polar surface area (TPSA) is 83.6 Å². The van der Waals surface area contributed by atoms with Gasteiger partial charge in [-0.15, -0.1) is 0 Å². The minimum absolute atomic E-state index is 0.0377. The predicted molar refractivity (Wildman–Crippen MR) is 140 cm³/mol. The van der Waals surface area contributed by atoms with Crippen molar-refractivity contribution in [2.75, 3.05) is 27.4 Å². The predicted octanol–water partition coefficient (Wildman–Crippen LogP) is 5.64. The lowest BCUT2D eigenvalue weighted by molar-refractivity contribution is 0.0478. The monoisotopic (exact) mass is 489 g/mol. The van der Waals surface area contributed by atoms with E-state index in [0.29, 0.717) is 12.0 Å². The largest absolute Gasteiger partial charge is 0.394 e. The average molecular weight is 490 g/mol. The van der Waals surface area contributed by atoms with Gasteiger partial charge in [0.25, 0.3) is 5.24 Å². The number of ether oxygens (including phenoxy) is 3. The molecule has 6 atom stereocenters. The minimum Gasteiger partial charge on any atom is -0.394 e. The molecule has 0 radical (unpaired) electrons. The number of aliphatic hydroxyl groups excluding tert-OH is 1. The van der Waals surface area contributed by atoms with Gasteiger partial charge in [-0.3, -0.25) is 4.79 Å². The lowest BCUT2D eigenvalue weighted by Gasteiger charge is -2.37. The van der Waals surface area contributed by atoms with Gasteiger partial charge in [0.15, 0.2) is 0 Å². The van der Waals surface area contributed by atoms with Gasteiger partial charge >= 0.3 is 0 Å². The van der Waals surface area contributed by atoms with Gasteiger partial charge in [0.1, 0.15) is 0 Å². The Hall–Kier alpha value is -0.600. The quantitative estimate of drug-likeness (QED) is 0.256. The third kappa shape index (κ3) is 10.3. The van der Waals surface area contributed by atoms with Crippen molar-refractivity contribution in [2.45, 2.75) is 104 Å². The van der Waals surface area contributed by atoms with E-state index in [9.17, 15) is 4.79 Å². The van der Waals surface area contributed by atoms with E-state index in [2.05, 4.69) is 56.5 Å². The van der Waals surface area contributed by atoms with E-state index in [4.69, 9.17) is 14.6 Å². The highest BCUT2D eigenvalue weighted by Gasteiger charge is 2.69. The van der Waals surface area contributed by atoms with Gasteiger partial charge in [0.2, 0.25) is 0 Å². The Kier molecular flexibility index (Phi) is 15.1. The lowest BCUT2D eigenvalue weighted by atomic mass is 9.66. The summed E-state index contributed by atoms with van der Waals surface area (Å²) in [5.74, 6) is 1.58. The Morgan fingerprint density at radius 1 is 1.30 bits per heavy atom. The molecule has 2 heterocycles. The number of nitrogens with one attached hydrogen (secondary N) is 1. The highest BCUT2D eigenvalue weighted by molar-refractivity contribution is 7.96. The van der Waals surface area contributed by atoms with Gasteiger partial charge in [-0.2, -0.15) is 0 Å². The van der Waals surface area contributed by atoms with Crippen LogP contribution in [0, 0.1) is 17.8 Å². The first-order valence-corrected chi connectivity index (χ1v) is 12.9. The number of carbonyl (C=O) groups is 1. The Morgan fingerprint density at radius 2 is 1.85 bits per heavy atom. The SMILES string of the molecule is CC.CC(C)=CC[C@H]1O[C@]1(C)C1C(C)CCCC12CO2.CC(C)C(CO)NC(=O)S.COC. The molecule has 3 fully saturated rings. The number of methoxy groups -OCH3 is 1. The van der Waals surface area contributed by atoms with Crippen molar-refractivity contribution in [3.05, 3.63) is 11.6 Å². The van der Waals surface area contributed by atoms with Crippen molar-refractivity contribution in [3.8, 4) is 0 Å². The van der Waals surface area contributed by atoms with E-state index in [1.807, 2.05) is 27.7 Å². The first-order valence-electron chi connectivity index (χ1n) is 12.4. The first-order chi connectivity index (χ1) is 15.5. The molecule has 0 aromatic heterocycles. The van der Waals surface area contributed by atoms with Crippen molar-refractivity contribution < 1.29 is 24.1 Å². The fourth-order valence-electron chi connectivity index (χ4n) is 4.82. The molecule has 2 saturated heterocycles. The third-order valence-corrected chi connectivity index (χ3v) is 6.69. The van der Waals surface area contributed by atoms with Gasteiger partial charge in [-0.25, -0.2) is 0 Å². The summed E-state index contributed by atoms with van der Waals surface area (Å²) in [7, 11) is 3.25. The van der Waals surface area contributed by atoms with Gasteiger partial charge in [-0.1, -0.05) is 71.7 Å². The van der Waals surface area contributed by atoms with Crippen LogP contribution in [-0.2, 0) is 14.2 Å². The molecule has 0 aromatic carbocycles. The minimum atomic E-state index is -0.396. The Bertz CT molecular complexity index is 589. The highest BCUT2D eigenvalue weighted by atomic mass is 32.1. The number of hydrogen-bond acceptors (Lipinski definition) is 5. The van der Waals surface area contributed by atoms with Gasteiger partial charge in [0, 0.05) is 20.1 Å². The van der Waals surface area contributed by atoms with E-state index in [1.54, 1.807) is 14.2 Å². The normalized spacial score (nSPS) is 32.1. The molecule has 3 rings (SSSR count). The fourth-order valence-corrected chi connectivity index (χ4v) is 4.99. The number of epoxide rings is 2. The molecule has 33 heavy (non-hydrogen) atoms. The van der Waals surface area contributed by atoms with Crippen LogP contribution in [0.25, 0.3) is 0 Å². The van der Waals surface area contributed by atoms with E-state index >= 15 is 0 Å². The molecular weight excluding hydrogens is 438 g/mol. The summed E-state index contributed by atoms with van der Waals surface area (Å²) in [6, 6.07) is -0.176. The van der Waals surface area contributed by atoms with Crippen LogP contribution in [0.1, 0.15) is 81.1 Å². The lowest BCUT2D eigenvalue weighted by Crippen LogP contribution is -2.44. The molecule has 7 heteroatoms. The smallest absolute Gasteiger partial charge is 0.276 e. The Labute approximate surface area is 208 Å². The molecule has 4 unspecified atom stereocenters. The molecule has 6 nitrogen and oxygen atoms in total. The van der Waals surface area contributed by atoms with Crippen LogP contribution in [0.3, 0.4) is 0 Å². The van der Waals surface area contributed by atoms with Gasteiger partial charge in [0.05, 0.1) is 36.6 Å². The molecule has 1 spiro atoms. The summed E-state index contributed by atoms with van der Waals surface area (Å²) in [4.78, 5) is 10.4. The standard InChI is InChI=1S/C16H26O2.C6H13NO2S.C2H6O.C2H6/c1-11(2)7-8-13-15(4,18-13)14-12(3)6-5-9-16(14)10-17-16;1-4(2)5(3-8)7-6(9)10;1-3-2;1-2/h7,12-14H,5-6,8-10H2,1-4H3;4-5,8H,3H2,1-2H3,(H2,7,9,10);1-2H3;1-2H3/t12?,13-,14?,15+,16?;;;/m1.../s1. The van der Waals surface area contributed by atoms with E-state index in [-0.39, 0.29) is 29.8 Å². The van der Waals surface area contributed by atoms with Crippen LogP contribution >= 0.6 is 12.6 Å². The fraction of sp³-hybridized carbons (Fsp3) is 0.885. The van der Waals surface area contributed by atoms with E-state index in [1.165, 1.54) is 24.8 Å². The molecule has 3 aliphatic rings. The summed E-state index contributed by atoms with van der Waals surface area (Å²) < 4.78 is 16.2. The van der Waals surface area contributed by atoms with Crippen molar-refractivity contribution >= 4 is 17.9 Å². The van der Waals surface area contributed by atoms with Crippen LogP contribution in [0.4, 0.5) is 4.79 Å². The molecule has 1 amide bonds. The van der Waals surface area contributed by atoms with Crippen molar-refractivity contribution in [2.24, 2.45) is 17.8 Å². The Balaban J connectivity index is 0.000000584. The number of aliphatic hydroxyl groups is 1. The average Bonchev–Trinajstić information content (AvgIpc) is 3.65. The molecule has 196 valence electrons. The number of hydrogen-bond donors (Lipinski definition) is 3. The van der Waals surface area contributed by atoms with E-state index in [0.717, 1.165) is 18.9 Å².